The van der Waals surface area contributed by atoms with E-state index in [4.69, 9.17) is 4.74 Å². The second-order valence-electron chi connectivity index (χ2n) is 3.48. The van der Waals surface area contributed by atoms with Crippen molar-refractivity contribution in [1.29, 1.82) is 0 Å². The Morgan fingerprint density at radius 2 is 2.50 bits per heavy atom. The van der Waals surface area contributed by atoms with Gasteiger partial charge in [-0.2, -0.15) is 0 Å². The summed E-state index contributed by atoms with van der Waals surface area (Å²) in [4.78, 5) is 12.5. The first-order valence-electron chi connectivity index (χ1n) is 4.94. The van der Waals surface area contributed by atoms with Gasteiger partial charge in [0.05, 0.1) is 7.11 Å². The van der Waals surface area contributed by atoms with Gasteiger partial charge in [-0.05, 0) is 24.4 Å². The lowest BCUT2D eigenvalue weighted by atomic mass is 10.2. The molecule has 1 unspecified atom stereocenters. The predicted octanol–water partition coefficient (Wildman–Crippen LogP) is 1.27. The van der Waals surface area contributed by atoms with Gasteiger partial charge in [-0.25, -0.2) is 0 Å². The van der Waals surface area contributed by atoms with Crippen LogP contribution in [0.4, 0.5) is 0 Å². The molecule has 1 amide bonds. The van der Waals surface area contributed by atoms with Crippen LogP contribution in [0.1, 0.15) is 16.1 Å². The van der Waals surface area contributed by atoms with Gasteiger partial charge < -0.3 is 15.4 Å². The summed E-state index contributed by atoms with van der Waals surface area (Å²) in [7, 11) is 1.58. The van der Waals surface area contributed by atoms with Crippen LogP contribution < -0.4 is 15.4 Å². The number of nitrogens with one attached hydrogen (secondary N) is 2. The summed E-state index contributed by atoms with van der Waals surface area (Å²) in [6, 6.07) is 2.07. The van der Waals surface area contributed by atoms with Crippen molar-refractivity contribution in [2.75, 3.05) is 20.2 Å². The van der Waals surface area contributed by atoms with Gasteiger partial charge in [0.25, 0.3) is 5.91 Å². The summed E-state index contributed by atoms with van der Waals surface area (Å²) in [5.41, 5.74) is 0. The molecule has 0 spiro atoms. The van der Waals surface area contributed by atoms with Crippen LogP contribution in [0.3, 0.4) is 0 Å². The summed E-state index contributed by atoms with van der Waals surface area (Å²) in [5.74, 6) is 0.624. The second-order valence-corrected chi connectivity index (χ2v) is 4.40. The molecule has 2 rings (SSSR count). The molecule has 0 saturated carbocycles. The molecule has 2 heterocycles. The third kappa shape index (κ3) is 2.87. The number of rotatable bonds is 3. The van der Waals surface area contributed by atoms with Gasteiger partial charge in [0, 0.05) is 12.6 Å². The van der Waals surface area contributed by atoms with Crippen molar-refractivity contribution in [3.05, 3.63) is 16.3 Å². The van der Waals surface area contributed by atoms with Crippen molar-refractivity contribution in [3.8, 4) is 5.75 Å². The number of carbonyl (C=O) groups is 1. The minimum Gasteiger partial charge on any atom is -0.495 e. The number of hydrogen-bond acceptors (Lipinski definition) is 4. The van der Waals surface area contributed by atoms with Crippen molar-refractivity contribution < 1.29 is 9.53 Å². The fourth-order valence-corrected chi connectivity index (χ4v) is 2.41. The summed E-state index contributed by atoms with van der Waals surface area (Å²) in [6.45, 7) is 1.84. The van der Waals surface area contributed by atoms with Crippen LogP contribution in [0.2, 0.25) is 0 Å². The molecule has 1 atom stereocenters. The number of amides is 1. The van der Waals surface area contributed by atoms with Gasteiger partial charge in [-0.3, -0.25) is 4.79 Å². The van der Waals surface area contributed by atoms with Crippen LogP contribution >= 0.6 is 23.7 Å². The molecule has 1 aliphatic heterocycles. The highest BCUT2D eigenvalue weighted by Gasteiger charge is 2.20. The average molecular weight is 263 g/mol. The SMILES string of the molecule is COc1ccsc1C(=O)NC1CCNC1.Cl. The maximum Gasteiger partial charge on any atom is 0.265 e. The minimum absolute atomic E-state index is 0. The molecule has 0 aromatic carbocycles. The van der Waals surface area contributed by atoms with Crippen LogP contribution in [0, 0.1) is 0 Å². The zero-order valence-electron chi connectivity index (χ0n) is 8.99. The van der Waals surface area contributed by atoms with Gasteiger partial charge in [0.1, 0.15) is 10.6 Å². The van der Waals surface area contributed by atoms with Crippen molar-refractivity contribution in [3.63, 3.8) is 0 Å². The third-order valence-corrected chi connectivity index (χ3v) is 3.35. The smallest absolute Gasteiger partial charge is 0.265 e. The van der Waals surface area contributed by atoms with E-state index in [1.165, 1.54) is 11.3 Å². The molecule has 16 heavy (non-hydrogen) atoms. The molecule has 0 aliphatic carbocycles. The van der Waals surface area contributed by atoms with Gasteiger partial charge >= 0.3 is 0 Å². The Balaban J connectivity index is 0.00000128. The number of carbonyl (C=O) groups excluding carboxylic acids is 1. The molecule has 0 bridgehead atoms. The van der Waals surface area contributed by atoms with Crippen LogP contribution in [0.25, 0.3) is 0 Å². The lowest BCUT2D eigenvalue weighted by Gasteiger charge is -2.10. The van der Waals surface area contributed by atoms with Crippen molar-refractivity contribution >= 4 is 29.7 Å². The van der Waals surface area contributed by atoms with Crippen LogP contribution in [-0.2, 0) is 0 Å². The topological polar surface area (TPSA) is 50.4 Å². The molecule has 1 saturated heterocycles. The second kappa shape index (κ2) is 6.08. The number of ether oxygens (including phenoxy) is 1. The number of hydrogen-bond donors (Lipinski definition) is 2. The minimum atomic E-state index is -0.0319. The van der Waals surface area contributed by atoms with E-state index in [-0.39, 0.29) is 24.4 Å². The Morgan fingerprint density at radius 1 is 1.69 bits per heavy atom. The largest absolute Gasteiger partial charge is 0.495 e. The molecule has 2 N–H and O–H groups in total. The first-order chi connectivity index (χ1) is 7.31. The fourth-order valence-electron chi connectivity index (χ4n) is 1.65. The lowest BCUT2D eigenvalue weighted by molar-refractivity contribution is 0.0941. The first kappa shape index (κ1) is 13.3. The van der Waals surface area contributed by atoms with Gasteiger partial charge in [0.2, 0.25) is 0 Å². The normalized spacial score (nSPS) is 18.9. The molecule has 0 radical (unpaired) electrons. The Labute approximate surface area is 105 Å². The molecule has 1 aromatic heterocycles. The molecule has 1 aromatic rings. The lowest BCUT2D eigenvalue weighted by Crippen LogP contribution is -2.35. The quantitative estimate of drug-likeness (QED) is 0.863. The van der Waals surface area contributed by atoms with E-state index in [0.717, 1.165) is 19.5 Å². The fraction of sp³-hybridized carbons (Fsp3) is 0.500. The van der Waals surface area contributed by atoms with Gasteiger partial charge in [-0.15, -0.1) is 23.7 Å². The standard InChI is InChI=1S/C10H14N2O2S.ClH/c1-14-8-3-5-15-9(8)10(13)12-7-2-4-11-6-7;/h3,5,7,11H,2,4,6H2,1H3,(H,12,13);1H. The number of methoxy groups -OCH3 is 1. The number of halogens is 1. The Morgan fingerprint density at radius 3 is 3.12 bits per heavy atom. The molecule has 4 nitrogen and oxygen atoms in total. The summed E-state index contributed by atoms with van der Waals surface area (Å²) < 4.78 is 5.10. The molecule has 6 heteroatoms. The van der Waals surface area contributed by atoms with Crippen LogP contribution in [0.5, 0.6) is 5.75 Å². The highest BCUT2D eigenvalue weighted by Crippen LogP contribution is 2.24. The predicted molar refractivity (Wildman–Crippen MR) is 66.9 cm³/mol. The van der Waals surface area contributed by atoms with Crippen LogP contribution in [0.15, 0.2) is 11.4 Å². The summed E-state index contributed by atoms with van der Waals surface area (Å²) in [5, 5.41) is 8.06. The third-order valence-electron chi connectivity index (χ3n) is 2.45. The maximum atomic E-state index is 11.8. The van der Waals surface area contributed by atoms with Crippen LogP contribution in [-0.4, -0.2) is 32.1 Å². The summed E-state index contributed by atoms with van der Waals surface area (Å²) >= 11 is 1.41. The molecule has 90 valence electrons. The zero-order chi connectivity index (χ0) is 10.7. The number of thiophene rings is 1. The van der Waals surface area contributed by atoms with Crippen molar-refractivity contribution in [2.45, 2.75) is 12.5 Å². The van der Waals surface area contributed by atoms with E-state index in [9.17, 15) is 4.79 Å². The van der Waals surface area contributed by atoms with E-state index in [0.29, 0.717) is 10.6 Å². The van der Waals surface area contributed by atoms with E-state index < -0.39 is 0 Å². The highest BCUT2D eigenvalue weighted by molar-refractivity contribution is 7.12. The Hall–Kier alpha value is -0.780. The Kier molecular flexibility index (Phi) is 5.05. The molecular weight excluding hydrogens is 248 g/mol. The van der Waals surface area contributed by atoms with E-state index in [1.54, 1.807) is 7.11 Å². The molecular formula is C10H15ClN2O2S. The molecule has 1 fully saturated rings. The van der Waals surface area contributed by atoms with Crippen molar-refractivity contribution in [1.82, 2.24) is 10.6 Å². The maximum absolute atomic E-state index is 11.8. The molecule has 1 aliphatic rings. The van der Waals surface area contributed by atoms with Gasteiger partial charge in [0.15, 0.2) is 0 Å². The Bertz CT molecular complexity index is 350. The van der Waals surface area contributed by atoms with Crippen molar-refractivity contribution in [2.24, 2.45) is 0 Å². The average Bonchev–Trinajstić information content (AvgIpc) is 2.86. The van der Waals surface area contributed by atoms with Gasteiger partial charge in [-0.1, -0.05) is 0 Å². The highest BCUT2D eigenvalue weighted by atomic mass is 35.5. The summed E-state index contributed by atoms with van der Waals surface area (Å²) in [6.07, 6.45) is 0.999. The monoisotopic (exact) mass is 262 g/mol. The van der Waals surface area contributed by atoms with E-state index in [2.05, 4.69) is 10.6 Å². The van der Waals surface area contributed by atoms with E-state index >= 15 is 0 Å². The zero-order valence-corrected chi connectivity index (χ0v) is 10.6. The van der Waals surface area contributed by atoms with E-state index in [1.807, 2.05) is 11.4 Å². The first-order valence-corrected chi connectivity index (χ1v) is 5.82.